The maximum absolute atomic E-state index is 11.4. The molecule has 2 N–H and O–H groups in total. The molecule has 0 amide bonds. The summed E-state index contributed by atoms with van der Waals surface area (Å²) in [6.07, 6.45) is 1.06. The van der Waals surface area contributed by atoms with Crippen molar-refractivity contribution in [3.8, 4) is 0 Å². The van der Waals surface area contributed by atoms with E-state index in [9.17, 15) is 8.42 Å². The fourth-order valence-electron chi connectivity index (χ4n) is 1.91. The van der Waals surface area contributed by atoms with Gasteiger partial charge in [0.05, 0.1) is 17.6 Å². The average Bonchev–Trinajstić information content (AvgIpc) is 2.72. The zero-order valence-corrected chi connectivity index (χ0v) is 11.2. The van der Waals surface area contributed by atoms with E-state index in [4.69, 9.17) is 15.2 Å². The van der Waals surface area contributed by atoms with Gasteiger partial charge in [-0.05, 0) is 19.1 Å². The first-order valence-corrected chi connectivity index (χ1v) is 7.57. The molecule has 1 heterocycles. The van der Waals surface area contributed by atoms with E-state index in [2.05, 4.69) is 0 Å². The fourth-order valence-corrected chi connectivity index (χ4v) is 2.54. The van der Waals surface area contributed by atoms with Crippen LogP contribution >= 0.6 is 0 Å². The predicted molar refractivity (Wildman–Crippen MR) is 66.8 cm³/mol. The summed E-state index contributed by atoms with van der Waals surface area (Å²) in [6.45, 7) is 2.65. The molecule has 100 valence electrons. The molecule has 0 radical (unpaired) electrons. The van der Waals surface area contributed by atoms with Crippen molar-refractivity contribution in [3.63, 3.8) is 0 Å². The molecule has 1 aliphatic heterocycles. The Bertz CT molecular complexity index is 526. The van der Waals surface area contributed by atoms with E-state index in [1.54, 1.807) is 31.2 Å². The molecule has 2 atom stereocenters. The van der Waals surface area contributed by atoms with E-state index in [-0.39, 0.29) is 11.0 Å². The topological polar surface area (TPSA) is 78.6 Å². The van der Waals surface area contributed by atoms with Crippen LogP contribution in [-0.2, 0) is 25.1 Å². The van der Waals surface area contributed by atoms with Crippen molar-refractivity contribution in [2.24, 2.45) is 5.73 Å². The van der Waals surface area contributed by atoms with Crippen LogP contribution in [0.2, 0.25) is 0 Å². The second-order valence-corrected chi connectivity index (χ2v) is 6.54. The first-order chi connectivity index (χ1) is 8.35. The summed E-state index contributed by atoms with van der Waals surface area (Å²) in [5, 5.41) is 0. The molecule has 1 saturated heterocycles. The molecule has 6 heteroatoms. The van der Waals surface area contributed by atoms with Crippen LogP contribution in [0.5, 0.6) is 0 Å². The molecule has 18 heavy (non-hydrogen) atoms. The van der Waals surface area contributed by atoms with E-state index in [1.165, 1.54) is 6.26 Å². The Hall–Kier alpha value is -0.950. The summed E-state index contributed by atoms with van der Waals surface area (Å²) in [7, 11) is -3.18. The molecule has 2 rings (SSSR count). The summed E-state index contributed by atoms with van der Waals surface area (Å²) in [4.78, 5) is 0.281. The molecule has 2 unspecified atom stereocenters. The van der Waals surface area contributed by atoms with Crippen molar-refractivity contribution < 1.29 is 17.9 Å². The van der Waals surface area contributed by atoms with Gasteiger partial charge in [0.25, 0.3) is 0 Å². The summed E-state index contributed by atoms with van der Waals surface area (Å²) in [6, 6.07) is 6.52. The third-order valence-corrected chi connectivity index (χ3v) is 4.13. The normalized spacial score (nSPS) is 28.5. The molecule has 0 saturated carbocycles. The lowest BCUT2D eigenvalue weighted by atomic mass is 10.1. The largest absolute Gasteiger partial charge is 0.343 e. The molecule has 0 aromatic heterocycles. The number of hydrogen-bond acceptors (Lipinski definition) is 5. The molecule has 1 aliphatic rings. The second-order valence-electron chi connectivity index (χ2n) is 4.53. The smallest absolute Gasteiger partial charge is 0.192 e. The number of hydrogen-bond donors (Lipinski definition) is 1. The van der Waals surface area contributed by atoms with Gasteiger partial charge in [-0.25, -0.2) is 8.42 Å². The van der Waals surface area contributed by atoms with Crippen molar-refractivity contribution >= 4 is 9.84 Å². The van der Waals surface area contributed by atoms with Gasteiger partial charge in [0.1, 0.15) is 0 Å². The summed E-state index contributed by atoms with van der Waals surface area (Å²) >= 11 is 0. The maximum atomic E-state index is 11.4. The van der Waals surface area contributed by atoms with Crippen LogP contribution in [0.15, 0.2) is 29.2 Å². The Morgan fingerprint density at radius 3 is 2.44 bits per heavy atom. The van der Waals surface area contributed by atoms with E-state index in [1.807, 2.05) is 0 Å². The number of sulfone groups is 1. The molecular weight excluding hydrogens is 254 g/mol. The Morgan fingerprint density at radius 2 is 2.00 bits per heavy atom. The minimum Gasteiger partial charge on any atom is -0.343 e. The van der Waals surface area contributed by atoms with E-state index in [0.717, 1.165) is 5.56 Å². The highest BCUT2D eigenvalue weighted by atomic mass is 32.2. The molecule has 0 bridgehead atoms. The minimum atomic E-state index is -3.18. The van der Waals surface area contributed by atoms with Crippen LogP contribution in [0.4, 0.5) is 0 Å². The first kappa shape index (κ1) is 13.5. The summed E-state index contributed by atoms with van der Waals surface area (Å²) in [5.74, 6) is -0.847. The van der Waals surface area contributed by atoms with E-state index >= 15 is 0 Å². The number of benzene rings is 1. The average molecular weight is 271 g/mol. The molecule has 0 spiro atoms. The SMILES string of the molecule is CC1(c2ccc(S(C)(=O)=O)cc2)OCC(CN)O1. The molecule has 1 aromatic carbocycles. The van der Waals surface area contributed by atoms with Crippen molar-refractivity contribution in [1.82, 2.24) is 0 Å². The van der Waals surface area contributed by atoms with Gasteiger partial charge < -0.3 is 15.2 Å². The molecule has 1 fully saturated rings. The molecule has 1 aromatic rings. The zero-order chi connectivity index (χ0) is 13.4. The highest BCUT2D eigenvalue weighted by molar-refractivity contribution is 7.90. The van der Waals surface area contributed by atoms with Gasteiger partial charge >= 0.3 is 0 Å². The fraction of sp³-hybridized carbons (Fsp3) is 0.500. The van der Waals surface area contributed by atoms with Gasteiger partial charge in [-0.15, -0.1) is 0 Å². The Labute approximate surface area is 107 Å². The van der Waals surface area contributed by atoms with Crippen LogP contribution < -0.4 is 5.73 Å². The van der Waals surface area contributed by atoms with Gasteiger partial charge in [-0.2, -0.15) is 0 Å². The van der Waals surface area contributed by atoms with E-state index < -0.39 is 15.6 Å². The number of nitrogens with two attached hydrogens (primary N) is 1. The Kier molecular flexibility index (Phi) is 3.46. The molecular formula is C12H17NO4S. The second kappa shape index (κ2) is 4.62. The van der Waals surface area contributed by atoms with Crippen molar-refractivity contribution in [2.45, 2.75) is 23.7 Å². The standard InChI is InChI=1S/C12H17NO4S/c1-12(16-8-10(7-13)17-12)9-3-5-11(6-4-9)18(2,14)15/h3-6,10H,7-8,13H2,1-2H3. The Balaban J connectivity index is 2.25. The van der Waals surface area contributed by atoms with Gasteiger partial charge in [0, 0.05) is 18.4 Å². The predicted octanol–water partition coefficient (Wildman–Crippen LogP) is 0.637. The maximum Gasteiger partial charge on any atom is 0.192 e. The van der Waals surface area contributed by atoms with Gasteiger partial charge in [0.2, 0.25) is 0 Å². The highest BCUT2D eigenvalue weighted by Crippen LogP contribution is 2.33. The summed E-state index contributed by atoms with van der Waals surface area (Å²) < 4.78 is 34.0. The van der Waals surface area contributed by atoms with Gasteiger partial charge in [-0.3, -0.25) is 0 Å². The van der Waals surface area contributed by atoms with E-state index in [0.29, 0.717) is 13.2 Å². The monoisotopic (exact) mass is 271 g/mol. The van der Waals surface area contributed by atoms with Crippen LogP contribution in [0.3, 0.4) is 0 Å². The lowest BCUT2D eigenvalue weighted by Crippen LogP contribution is -2.27. The van der Waals surface area contributed by atoms with Gasteiger partial charge in [0.15, 0.2) is 15.6 Å². The summed E-state index contributed by atoms with van der Waals surface area (Å²) in [5.41, 5.74) is 6.31. The molecule has 0 aliphatic carbocycles. The zero-order valence-electron chi connectivity index (χ0n) is 10.4. The third kappa shape index (κ3) is 2.56. The van der Waals surface area contributed by atoms with Crippen molar-refractivity contribution in [2.75, 3.05) is 19.4 Å². The van der Waals surface area contributed by atoms with Crippen molar-refractivity contribution in [3.05, 3.63) is 29.8 Å². The first-order valence-electron chi connectivity index (χ1n) is 5.67. The number of rotatable bonds is 3. The van der Waals surface area contributed by atoms with Crippen LogP contribution in [0.25, 0.3) is 0 Å². The Morgan fingerprint density at radius 1 is 1.39 bits per heavy atom. The highest BCUT2D eigenvalue weighted by Gasteiger charge is 2.38. The third-order valence-electron chi connectivity index (χ3n) is 3.01. The van der Waals surface area contributed by atoms with Crippen molar-refractivity contribution in [1.29, 1.82) is 0 Å². The van der Waals surface area contributed by atoms with Crippen LogP contribution in [0, 0.1) is 0 Å². The van der Waals surface area contributed by atoms with Crippen LogP contribution in [-0.4, -0.2) is 33.9 Å². The van der Waals surface area contributed by atoms with Gasteiger partial charge in [-0.1, -0.05) is 12.1 Å². The number of ether oxygens (including phenoxy) is 2. The van der Waals surface area contributed by atoms with Crippen LogP contribution in [0.1, 0.15) is 12.5 Å². The quantitative estimate of drug-likeness (QED) is 0.872. The molecule has 5 nitrogen and oxygen atoms in total. The lowest BCUT2D eigenvalue weighted by Gasteiger charge is -2.23. The minimum absolute atomic E-state index is 0.121. The lowest BCUT2D eigenvalue weighted by molar-refractivity contribution is -0.160.